The molecule has 6 nitrogen and oxygen atoms in total. The van der Waals surface area contributed by atoms with Crippen LogP contribution in [0.4, 0.5) is 0 Å². The lowest BCUT2D eigenvalue weighted by molar-refractivity contribution is 0.0953. The zero-order chi connectivity index (χ0) is 18.8. The minimum Gasteiger partial charge on any atom is -0.454 e. The normalized spacial score (nSPS) is 12.2. The Bertz CT molecular complexity index is 976. The second kappa shape index (κ2) is 7.15. The van der Waals surface area contributed by atoms with Crippen molar-refractivity contribution in [3.63, 3.8) is 0 Å². The molecule has 2 aromatic carbocycles. The molecule has 0 spiro atoms. The number of oxazole rings is 1. The Kier molecular flexibility index (Phi) is 4.54. The fourth-order valence-electron chi connectivity index (χ4n) is 2.91. The number of aromatic nitrogens is 1. The predicted octanol–water partition coefficient (Wildman–Crippen LogP) is 3.66. The van der Waals surface area contributed by atoms with Crippen molar-refractivity contribution in [1.29, 1.82) is 0 Å². The molecule has 4 rings (SSSR count). The van der Waals surface area contributed by atoms with Gasteiger partial charge in [-0.15, -0.1) is 0 Å². The average molecular weight is 364 g/mol. The lowest BCUT2D eigenvalue weighted by Crippen LogP contribution is -2.25. The van der Waals surface area contributed by atoms with Gasteiger partial charge in [-0.05, 0) is 44.2 Å². The highest BCUT2D eigenvalue weighted by Gasteiger charge is 2.16. The summed E-state index contributed by atoms with van der Waals surface area (Å²) in [5, 5.41) is 2.91. The fourth-order valence-corrected chi connectivity index (χ4v) is 2.91. The zero-order valence-corrected chi connectivity index (χ0v) is 15.2. The number of hydrogen-bond acceptors (Lipinski definition) is 5. The van der Waals surface area contributed by atoms with Crippen molar-refractivity contribution in [1.82, 2.24) is 10.3 Å². The molecule has 0 saturated carbocycles. The van der Waals surface area contributed by atoms with Gasteiger partial charge in [0.25, 0.3) is 5.91 Å². The third-order valence-electron chi connectivity index (χ3n) is 4.47. The van der Waals surface area contributed by atoms with Gasteiger partial charge < -0.3 is 19.2 Å². The molecule has 1 amide bonds. The minimum absolute atomic E-state index is 0.159. The topological polar surface area (TPSA) is 73.6 Å². The third kappa shape index (κ3) is 3.65. The van der Waals surface area contributed by atoms with Crippen LogP contribution in [0, 0.1) is 13.8 Å². The van der Waals surface area contributed by atoms with Gasteiger partial charge in [0.05, 0.1) is 5.69 Å². The average Bonchev–Trinajstić information content (AvgIpc) is 3.28. The van der Waals surface area contributed by atoms with Crippen molar-refractivity contribution >= 4 is 5.91 Å². The van der Waals surface area contributed by atoms with Gasteiger partial charge in [0, 0.05) is 24.1 Å². The molecule has 0 atom stereocenters. The van der Waals surface area contributed by atoms with E-state index >= 15 is 0 Å². The van der Waals surface area contributed by atoms with Crippen molar-refractivity contribution in [2.24, 2.45) is 0 Å². The molecule has 2 heterocycles. The Morgan fingerprint density at radius 3 is 2.67 bits per heavy atom. The Labute approximate surface area is 157 Å². The Balaban J connectivity index is 1.37. The van der Waals surface area contributed by atoms with Gasteiger partial charge in [-0.3, -0.25) is 4.79 Å². The van der Waals surface area contributed by atoms with Crippen LogP contribution in [0.3, 0.4) is 0 Å². The van der Waals surface area contributed by atoms with E-state index in [1.54, 1.807) is 18.2 Å². The first-order valence-electron chi connectivity index (χ1n) is 8.81. The standard InChI is InChI=1S/C21H20N2O4/c1-13-3-5-15(6-4-13)21-23-17(14(2)27-21)9-10-22-20(24)16-7-8-18-19(11-16)26-12-25-18/h3-8,11H,9-10,12H2,1-2H3,(H,22,24). The highest BCUT2D eigenvalue weighted by atomic mass is 16.7. The SMILES string of the molecule is Cc1ccc(-c2nc(CCNC(=O)c3ccc4c(c3)OCO4)c(C)o2)cc1. The second-order valence-electron chi connectivity index (χ2n) is 6.46. The molecule has 1 N–H and O–H groups in total. The highest BCUT2D eigenvalue weighted by Crippen LogP contribution is 2.32. The van der Waals surface area contributed by atoms with Gasteiger partial charge in [0.1, 0.15) is 5.76 Å². The number of aryl methyl sites for hydroxylation is 2. The lowest BCUT2D eigenvalue weighted by Gasteiger charge is -2.05. The molecule has 1 aromatic heterocycles. The molecule has 1 aliphatic rings. The molecule has 3 aromatic rings. The smallest absolute Gasteiger partial charge is 0.251 e. The number of nitrogens with one attached hydrogen (secondary N) is 1. The maximum atomic E-state index is 12.3. The van der Waals surface area contributed by atoms with E-state index in [1.807, 2.05) is 38.1 Å². The number of amides is 1. The molecule has 0 radical (unpaired) electrons. The number of carbonyl (C=O) groups is 1. The number of ether oxygens (including phenoxy) is 2. The zero-order valence-electron chi connectivity index (χ0n) is 15.2. The summed E-state index contributed by atoms with van der Waals surface area (Å²) in [6.07, 6.45) is 0.595. The van der Waals surface area contributed by atoms with Crippen molar-refractivity contribution in [3.8, 4) is 23.0 Å². The van der Waals surface area contributed by atoms with Crippen LogP contribution in [-0.2, 0) is 6.42 Å². The van der Waals surface area contributed by atoms with E-state index in [-0.39, 0.29) is 12.7 Å². The summed E-state index contributed by atoms with van der Waals surface area (Å²) in [7, 11) is 0. The number of hydrogen-bond donors (Lipinski definition) is 1. The van der Waals surface area contributed by atoms with Gasteiger partial charge >= 0.3 is 0 Å². The summed E-state index contributed by atoms with van der Waals surface area (Å²) >= 11 is 0. The molecule has 0 saturated heterocycles. The maximum Gasteiger partial charge on any atom is 0.251 e. The van der Waals surface area contributed by atoms with Crippen LogP contribution in [0.2, 0.25) is 0 Å². The summed E-state index contributed by atoms with van der Waals surface area (Å²) in [5.41, 5.74) is 3.51. The summed E-state index contributed by atoms with van der Waals surface area (Å²) < 4.78 is 16.3. The predicted molar refractivity (Wildman–Crippen MR) is 100 cm³/mol. The first-order valence-corrected chi connectivity index (χ1v) is 8.81. The number of fused-ring (bicyclic) bond motifs is 1. The number of carbonyl (C=O) groups excluding carboxylic acids is 1. The highest BCUT2D eigenvalue weighted by molar-refractivity contribution is 5.94. The Morgan fingerprint density at radius 1 is 1.07 bits per heavy atom. The van der Waals surface area contributed by atoms with Crippen molar-refractivity contribution < 1.29 is 18.7 Å². The fraction of sp³-hybridized carbons (Fsp3) is 0.238. The molecule has 1 aliphatic heterocycles. The van der Waals surface area contributed by atoms with Crippen LogP contribution < -0.4 is 14.8 Å². The third-order valence-corrected chi connectivity index (χ3v) is 4.47. The van der Waals surface area contributed by atoms with Crippen LogP contribution in [0.25, 0.3) is 11.5 Å². The van der Waals surface area contributed by atoms with Gasteiger partial charge in [-0.2, -0.15) is 0 Å². The molecule has 0 bridgehead atoms. The van der Waals surface area contributed by atoms with E-state index in [4.69, 9.17) is 13.9 Å². The van der Waals surface area contributed by atoms with Crippen LogP contribution in [0.5, 0.6) is 11.5 Å². The first-order chi connectivity index (χ1) is 13.1. The Hall–Kier alpha value is -3.28. The van der Waals surface area contributed by atoms with Crippen molar-refractivity contribution in [2.45, 2.75) is 20.3 Å². The van der Waals surface area contributed by atoms with Gasteiger partial charge in [0.15, 0.2) is 11.5 Å². The van der Waals surface area contributed by atoms with Gasteiger partial charge in [0.2, 0.25) is 12.7 Å². The molecular formula is C21H20N2O4. The lowest BCUT2D eigenvalue weighted by atomic mass is 10.1. The molecule has 27 heavy (non-hydrogen) atoms. The molecule has 0 unspecified atom stereocenters. The summed E-state index contributed by atoms with van der Waals surface area (Å²) in [4.78, 5) is 16.9. The van der Waals surface area contributed by atoms with Crippen LogP contribution >= 0.6 is 0 Å². The van der Waals surface area contributed by atoms with Gasteiger partial charge in [-0.25, -0.2) is 4.98 Å². The monoisotopic (exact) mass is 364 g/mol. The van der Waals surface area contributed by atoms with Crippen molar-refractivity contribution in [3.05, 3.63) is 65.0 Å². The molecule has 0 aliphatic carbocycles. The molecule has 138 valence electrons. The van der Waals surface area contributed by atoms with E-state index in [9.17, 15) is 4.79 Å². The van der Waals surface area contributed by atoms with E-state index in [2.05, 4.69) is 10.3 Å². The van der Waals surface area contributed by atoms with Crippen LogP contribution in [0.15, 0.2) is 46.9 Å². The van der Waals surface area contributed by atoms with E-state index < -0.39 is 0 Å². The maximum absolute atomic E-state index is 12.3. The largest absolute Gasteiger partial charge is 0.454 e. The van der Waals surface area contributed by atoms with Crippen molar-refractivity contribution in [2.75, 3.05) is 13.3 Å². The van der Waals surface area contributed by atoms with Crippen LogP contribution in [0.1, 0.15) is 27.4 Å². The van der Waals surface area contributed by atoms with Gasteiger partial charge in [-0.1, -0.05) is 17.7 Å². The number of benzene rings is 2. The minimum atomic E-state index is -0.159. The summed E-state index contributed by atoms with van der Waals surface area (Å²) in [6.45, 7) is 4.58. The Morgan fingerprint density at radius 2 is 1.85 bits per heavy atom. The molecular weight excluding hydrogens is 344 g/mol. The first kappa shape index (κ1) is 17.1. The number of rotatable bonds is 5. The molecule has 6 heteroatoms. The van der Waals surface area contributed by atoms with Crippen LogP contribution in [-0.4, -0.2) is 24.2 Å². The quantitative estimate of drug-likeness (QED) is 0.748. The summed E-state index contributed by atoms with van der Waals surface area (Å²) in [6, 6.07) is 13.2. The van der Waals surface area contributed by atoms with E-state index in [0.29, 0.717) is 35.9 Å². The number of nitrogens with zero attached hydrogens (tertiary/aromatic N) is 1. The second-order valence-corrected chi connectivity index (χ2v) is 6.46. The van der Waals surface area contributed by atoms with E-state index in [0.717, 1.165) is 17.0 Å². The van der Waals surface area contributed by atoms with E-state index in [1.165, 1.54) is 5.56 Å². The molecule has 0 fully saturated rings. The summed E-state index contributed by atoms with van der Waals surface area (Å²) in [5.74, 6) is 2.46.